The lowest BCUT2D eigenvalue weighted by Crippen LogP contribution is -2.26. The van der Waals surface area contributed by atoms with Crippen LogP contribution in [0.4, 0.5) is 0 Å². The Kier molecular flexibility index (Phi) is 4.29. The molecule has 134 valence electrons. The third-order valence-electron chi connectivity index (χ3n) is 4.21. The van der Waals surface area contributed by atoms with Crippen LogP contribution in [0.15, 0.2) is 35.8 Å². The molecule has 1 aromatic carbocycles. The van der Waals surface area contributed by atoms with Gasteiger partial charge >= 0.3 is 0 Å². The molecule has 0 radical (unpaired) electrons. The number of fused-ring (bicyclic) bond motifs is 3. The minimum Gasteiger partial charge on any atom is -0.497 e. The van der Waals surface area contributed by atoms with Crippen LogP contribution in [0.5, 0.6) is 11.5 Å². The zero-order valence-electron chi connectivity index (χ0n) is 14.5. The average Bonchev–Trinajstić information content (AvgIpc) is 3.33. The Balaban J connectivity index is 1.60. The molecule has 0 aliphatic rings. The maximum atomic E-state index is 12.7. The van der Waals surface area contributed by atoms with Crippen molar-refractivity contribution >= 4 is 43.9 Å². The van der Waals surface area contributed by atoms with Gasteiger partial charge in [0, 0.05) is 17.1 Å². The van der Waals surface area contributed by atoms with E-state index in [1.54, 1.807) is 25.6 Å². The lowest BCUT2D eigenvalue weighted by Gasteiger charge is -2.17. The number of thiophene rings is 1. The molecule has 0 saturated heterocycles. The van der Waals surface area contributed by atoms with E-state index in [1.165, 1.54) is 11.3 Å². The number of carbonyl (C=O) groups is 1. The van der Waals surface area contributed by atoms with Gasteiger partial charge in [-0.05, 0) is 31.2 Å². The average molecular weight is 387 g/mol. The molecule has 4 aromatic rings. The summed E-state index contributed by atoms with van der Waals surface area (Å²) >= 11 is 2.98. The summed E-state index contributed by atoms with van der Waals surface area (Å²) in [6.45, 7) is 1.92. The molecule has 8 heteroatoms. The van der Waals surface area contributed by atoms with Crippen LogP contribution in [-0.4, -0.2) is 29.5 Å². The molecule has 0 saturated carbocycles. The predicted octanol–water partition coefficient (Wildman–Crippen LogP) is 4.12. The van der Waals surface area contributed by atoms with Gasteiger partial charge in [-0.3, -0.25) is 9.20 Å². The quantitative estimate of drug-likeness (QED) is 0.559. The Bertz CT molecular complexity index is 1100. The van der Waals surface area contributed by atoms with E-state index in [9.17, 15) is 4.79 Å². The highest BCUT2D eigenvalue weighted by Crippen LogP contribution is 2.31. The number of nitrogens with one attached hydrogen (secondary N) is 1. The van der Waals surface area contributed by atoms with Gasteiger partial charge in [0.25, 0.3) is 5.91 Å². The zero-order chi connectivity index (χ0) is 18.3. The van der Waals surface area contributed by atoms with Crippen molar-refractivity contribution in [1.29, 1.82) is 0 Å². The molecule has 0 aliphatic heterocycles. The molecule has 0 aliphatic carbocycles. The van der Waals surface area contributed by atoms with Gasteiger partial charge in [-0.15, -0.1) is 22.7 Å². The number of nitrogens with zero attached hydrogens (tertiary/aromatic N) is 2. The second-order valence-corrected chi connectivity index (χ2v) is 7.68. The van der Waals surface area contributed by atoms with Gasteiger partial charge in [0.1, 0.15) is 16.3 Å². The maximum absolute atomic E-state index is 12.7. The summed E-state index contributed by atoms with van der Waals surface area (Å²) in [6.07, 6.45) is 1.97. The number of carbonyl (C=O) groups excluding carboxylic acids is 1. The van der Waals surface area contributed by atoms with E-state index in [4.69, 9.17) is 9.47 Å². The van der Waals surface area contributed by atoms with Crippen LogP contribution in [0.25, 0.3) is 15.3 Å². The van der Waals surface area contributed by atoms with Crippen LogP contribution in [0, 0.1) is 0 Å². The smallest absolute Gasteiger partial charge is 0.261 e. The van der Waals surface area contributed by atoms with E-state index in [0.717, 1.165) is 26.6 Å². The SMILES string of the molecule is COc1ccc(OC)c([C@H](C)NC(=O)c2cc3c(nc4sccn43)s2)c1. The first kappa shape index (κ1) is 16.9. The molecule has 1 atom stereocenters. The fraction of sp³-hybridized carbons (Fsp3) is 0.222. The van der Waals surface area contributed by atoms with E-state index in [2.05, 4.69) is 10.3 Å². The van der Waals surface area contributed by atoms with E-state index in [-0.39, 0.29) is 11.9 Å². The molecule has 26 heavy (non-hydrogen) atoms. The number of amides is 1. The summed E-state index contributed by atoms with van der Waals surface area (Å²) in [5, 5.41) is 5.02. The van der Waals surface area contributed by atoms with Gasteiger partial charge < -0.3 is 14.8 Å². The van der Waals surface area contributed by atoms with E-state index < -0.39 is 0 Å². The number of benzene rings is 1. The highest BCUT2D eigenvalue weighted by Gasteiger charge is 2.19. The molecular formula is C18H17N3O3S2. The van der Waals surface area contributed by atoms with Gasteiger partial charge in [-0.25, -0.2) is 4.98 Å². The van der Waals surface area contributed by atoms with E-state index >= 15 is 0 Å². The second-order valence-electron chi connectivity index (χ2n) is 5.77. The summed E-state index contributed by atoms with van der Waals surface area (Å²) in [5.41, 5.74) is 1.83. The number of methoxy groups -OCH3 is 2. The number of aromatic nitrogens is 2. The Hall–Kier alpha value is -2.58. The van der Waals surface area contributed by atoms with Crippen molar-refractivity contribution in [2.45, 2.75) is 13.0 Å². The van der Waals surface area contributed by atoms with Crippen LogP contribution in [0.3, 0.4) is 0 Å². The minimum absolute atomic E-state index is 0.130. The summed E-state index contributed by atoms with van der Waals surface area (Å²) < 4.78 is 12.7. The van der Waals surface area contributed by atoms with Gasteiger partial charge in [0.15, 0.2) is 4.96 Å². The van der Waals surface area contributed by atoms with Crippen LogP contribution < -0.4 is 14.8 Å². The summed E-state index contributed by atoms with van der Waals surface area (Å²) in [6, 6.07) is 7.20. The third-order valence-corrected chi connectivity index (χ3v) is 5.99. The number of hydrogen-bond donors (Lipinski definition) is 1. The van der Waals surface area contributed by atoms with Crippen LogP contribution in [-0.2, 0) is 0 Å². The summed E-state index contributed by atoms with van der Waals surface area (Å²) in [4.78, 5) is 19.7. The molecule has 0 spiro atoms. The Labute approximate surface area is 158 Å². The van der Waals surface area contributed by atoms with Crippen molar-refractivity contribution in [3.05, 3.63) is 46.3 Å². The van der Waals surface area contributed by atoms with Crippen LogP contribution in [0.2, 0.25) is 0 Å². The molecule has 3 aromatic heterocycles. The second kappa shape index (κ2) is 6.62. The monoisotopic (exact) mass is 387 g/mol. The van der Waals surface area contributed by atoms with Crippen molar-refractivity contribution in [3.8, 4) is 11.5 Å². The Morgan fingerprint density at radius 1 is 1.27 bits per heavy atom. The number of thiazole rings is 1. The number of hydrogen-bond acceptors (Lipinski definition) is 6. The number of ether oxygens (including phenoxy) is 2. The van der Waals surface area contributed by atoms with E-state index in [0.29, 0.717) is 10.6 Å². The highest BCUT2D eigenvalue weighted by molar-refractivity contribution is 7.21. The first-order chi connectivity index (χ1) is 12.6. The molecule has 0 bridgehead atoms. The van der Waals surface area contributed by atoms with Crippen molar-refractivity contribution < 1.29 is 14.3 Å². The Morgan fingerprint density at radius 3 is 2.88 bits per heavy atom. The fourth-order valence-electron chi connectivity index (χ4n) is 2.88. The molecule has 6 nitrogen and oxygen atoms in total. The normalized spacial score (nSPS) is 12.4. The van der Waals surface area contributed by atoms with Crippen molar-refractivity contribution in [2.24, 2.45) is 0 Å². The molecule has 1 N–H and O–H groups in total. The molecule has 4 rings (SSSR count). The van der Waals surface area contributed by atoms with Crippen molar-refractivity contribution in [1.82, 2.24) is 14.7 Å². The molecule has 0 unspecified atom stereocenters. The number of imidazole rings is 1. The van der Waals surface area contributed by atoms with Crippen LogP contribution >= 0.6 is 22.7 Å². The standard InChI is InChI=1S/C18H17N3O3S2/c1-10(12-8-11(23-2)4-5-14(12)24-3)19-16(22)15-9-13-17(26-15)20-18-21(13)6-7-25-18/h4-10H,1-3H3,(H,19,22)/t10-/m0/s1. The highest BCUT2D eigenvalue weighted by atomic mass is 32.1. The van der Waals surface area contributed by atoms with Crippen molar-refractivity contribution in [3.63, 3.8) is 0 Å². The van der Waals surface area contributed by atoms with Crippen molar-refractivity contribution in [2.75, 3.05) is 14.2 Å². The Morgan fingerprint density at radius 2 is 2.12 bits per heavy atom. The summed E-state index contributed by atoms with van der Waals surface area (Å²) in [7, 11) is 3.22. The number of rotatable bonds is 5. The van der Waals surface area contributed by atoms with E-state index in [1.807, 2.05) is 47.2 Å². The van der Waals surface area contributed by atoms with Gasteiger partial charge in [-0.2, -0.15) is 0 Å². The first-order valence-electron chi connectivity index (χ1n) is 7.98. The first-order valence-corrected chi connectivity index (χ1v) is 9.68. The molecular weight excluding hydrogens is 370 g/mol. The predicted molar refractivity (Wildman–Crippen MR) is 104 cm³/mol. The lowest BCUT2D eigenvalue weighted by molar-refractivity contribution is 0.0943. The topological polar surface area (TPSA) is 64.9 Å². The maximum Gasteiger partial charge on any atom is 0.261 e. The molecule has 0 fully saturated rings. The molecule has 3 heterocycles. The van der Waals surface area contributed by atoms with Gasteiger partial charge in [-0.1, -0.05) is 0 Å². The van der Waals surface area contributed by atoms with Crippen LogP contribution in [0.1, 0.15) is 28.2 Å². The zero-order valence-corrected chi connectivity index (χ0v) is 16.1. The summed E-state index contributed by atoms with van der Waals surface area (Å²) in [5.74, 6) is 1.30. The minimum atomic E-state index is -0.231. The lowest BCUT2D eigenvalue weighted by atomic mass is 10.1. The largest absolute Gasteiger partial charge is 0.497 e. The van der Waals surface area contributed by atoms with Gasteiger partial charge in [0.05, 0.1) is 30.7 Å². The fourth-order valence-corrected chi connectivity index (χ4v) is 4.59. The third kappa shape index (κ3) is 2.81. The molecule has 1 amide bonds. The van der Waals surface area contributed by atoms with Gasteiger partial charge in [0.2, 0.25) is 0 Å².